The number of nitrogens with one attached hydrogen (secondary N) is 1. The van der Waals surface area contributed by atoms with Crippen molar-refractivity contribution in [3.63, 3.8) is 0 Å². The Bertz CT molecular complexity index is 333. The van der Waals surface area contributed by atoms with Gasteiger partial charge >= 0.3 is 0 Å². The van der Waals surface area contributed by atoms with E-state index in [1.54, 1.807) is 0 Å². The maximum atomic E-state index is 5.89. The molecule has 1 nitrogen and oxygen atoms in total. The Morgan fingerprint density at radius 2 is 2.25 bits per heavy atom. The first-order valence-electron chi connectivity index (χ1n) is 5.27. The maximum Gasteiger partial charge on any atom is 0.0417 e. The molecule has 0 aromatic heterocycles. The first-order valence-corrected chi connectivity index (χ1v) is 7.83. The van der Waals surface area contributed by atoms with E-state index in [0.717, 1.165) is 22.6 Å². The van der Waals surface area contributed by atoms with Crippen molar-refractivity contribution < 1.29 is 0 Å². The zero-order chi connectivity index (χ0) is 12.0. The highest BCUT2D eigenvalue weighted by atomic mass is 79.9. The zero-order valence-electron chi connectivity index (χ0n) is 9.59. The Balaban J connectivity index is 2.37. The molecule has 0 bridgehead atoms. The van der Waals surface area contributed by atoms with Crippen LogP contribution in [0, 0.1) is 5.92 Å². The second-order valence-electron chi connectivity index (χ2n) is 3.93. The number of hydrogen-bond acceptors (Lipinski definition) is 2. The fraction of sp³-hybridized carbons (Fsp3) is 0.500. The van der Waals surface area contributed by atoms with E-state index in [1.807, 2.05) is 23.9 Å². The fourth-order valence-electron chi connectivity index (χ4n) is 1.46. The quantitative estimate of drug-likeness (QED) is 0.843. The molecular formula is C12H17BrClNS. The Labute approximate surface area is 115 Å². The molecule has 0 fully saturated rings. The highest BCUT2D eigenvalue weighted by molar-refractivity contribution is 9.10. The van der Waals surface area contributed by atoms with Crippen molar-refractivity contribution in [3.05, 3.63) is 33.3 Å². The van der Waals surface area contributed by atoms with Gasteiger partial charge < -0.3 is 5.32 Å². The van der Waals surface area contributed by atoms with Crippen LogP contribution in [0.3, 0.4) is 0 Å². The lowest BCUT2D eigenvalue weighted by molar-refractivity contribution is 0.559. The van der Waals surface area contributed by atoms with Crippen LogP contribution in [-0.2, 0) is 6.54 Å². The minimum atomic E-state index is 0.709. The molecule has 0 aliphatic rings. The van der Waals surface area contributed by atoms with Crippen molar-refractivity contribution in [2.24, 2.45) is 5.92 Å². The molecule has 0 saturated carbocycles. The predicted molar refractivity (Wildman–Crippen MR) is 78.4 cm³/mol. The summed E-state index contributed by atoms with van der Waals surface area (Å²) in [5, 5.41) is 4.23. The van der Waals surface area contributed by atoms with Crippen molar-refractivity contribution in [1.29, 1.82) is 0 Å². The largest absolute Gasteiger partial charge is 0.312 e. The highest BCUT2D eigenvalue weighted by Gasteiger charge is 2.03. The molecular weight excluding hydrogens is 306 g/mol. The van der Waals surface area contributed by atoms with Crippen LogP contribution >= 0.6 is 39.3 Å². The van der Waals surface area contributed by atoms with Gasteiger partial charge in [-0.15, -0.1) is 0 Å². The van der Waals surface area contributed by atoms with Gasteiger partial charge in [0.25, 0.3) is 0 Å². The van der Waals surface area contributed by atoms with Crippen molar-refractivity contribution in [2.75, 3.05) is 18.6 Å². The molecule has 0 amide bonds. The van der Waals surface area contributed by atoms with Crippen LogP contribution in [0.5, 0.6) is 0 Å². The first kappa shape index (κ1) is 14.4. The Morgan fingerprint density at radius 3 is 2.88 bits per heavy atom. The first-order chi connectivity index (χ1) is 7.63. The van der Waals surface area contributed by atoms with Gasteiger partial charge in [-0.1, -0.05) is 40.5 Å². The van der Waals surface area contributed by atoms with Gasteiger partial charge in [0.2, 0.25) is 0 Å². The predicted octanol–water partition coefficient (Wildman–Crippen LogP) is 4.19. The molecule has 1 aromatic carbocycles. The summed E-state index contributed by atoms with van der Waals surface area (Å²) < 4.78 is 1.07. The molecule has 1 N–H and O–H groups in total. The highest BCUT2D eigenvalue weighted by Crippen LogP contribution is 2.21. The summed E-state index contributed by atoms with van der Waals surface area (Å²) in [5.41, 5.74) is 1.25. The fourth-order valence-corrected chi connectivity index (χ4v) is 2.97. The zero-order valence-corrected chi connectivity index (χ0v) is 12.8. The van der Waals surface area contributed by atoms with E-state index in [4.69, 9.17) is 11.6 Å². The minimum absolute atomic E-state index is 0.709. The molecule has 0 saturated heterocycles. The van der Waals surface area contributed by atoms with E-state index in [9.17, 15) is 0 Å². The summed E-state index contributed by atoms with van der Waals surface area (Å²) in [6.45, 7) is 4.20. The van der Waals surface area contributed by atoms with Gasteiger partial charge in [-0.3, -0.25) is 0 Å². The van der Waals surface area contributed by atoms with Crippen LogP contribution in [0.4, 0.5) is 0 Å². The minimum Gasteiger partial charge on any atom is -0.312 e. The van der Waals surface area contributed by atoms with E-state index in [0.29, 0.717) is 5.92 Å². The van der Waals surface area contributed by atoms with Gasteiger partial charge in [0.15, 0.2) is 0 Å². The standard InChI is InChI=1S/C12H17BrClNS/c1-9(8-16-2)6-15-7-10-3-4-11(14)5-12(10)13/h3-5,9,15H,6-8H2,1-2H3. The van der Waals surface area contributed by atoms with Gasteiger partial charge in [-0.25, -0.2) is 0 Å². The van der Waals surface area contributed by atoms with E-state index < -0.39 is 0 Å². The van der Waals surface area contributed by atoms with Crippen LogP contribution in [0.15, 0.2) is 22.7 Å². The van der Waals surface area contributed by atoms with Crippen LogP contribution < -0.4 is 5.32 Å². The number of halogens is 2. The molecule has 0 aliphatic heterocycles. The van der Waals surface area contributed by atoms with Crippen LogP contribution in [0.25, 0.3) is 0 Å². The Hall–Kier alpha value is 0.300. The average Bonchev–Trinajstić information content (AvgIpc) is 2.22. The van der Waals surface area contributed by atoms with E-state index in [1.165, 1.54) is 11.3 Å². The molecule has 1 rings (SSSR count). The monoisotopic (exact) mass is 321 g/mol. The van der Waals surface area contributed by atoms with Gasteiger partial charge in [-0.05, 0) is 42.2 Å². The molecule has 0 radical (unpaired) electrons. The second-order valence-corrected chi connectivity index (χ2v) is 6.13. The van der Waals surface area contributed by atoms with E-state index in [2.05, 4.69) is 40.5 Å². The molecule has 4 heteroatoms. The number of thioether (sulfide) groups is 1. The topological polar surface area (TPSA) is 12.0 Å². The normalized spacial score (nSPS) is 12.8. The Morgan fingerprint density at radius 1 is 1.50 bits per heavy atom. The van der Waals surface area contributed by atoms with Crippen molar-refractivity contribution >= 4 is 39.3 Å². The molecule has 1 aromatic rings. The van der Waals surface area contributed by atoms with Crippen molar-refractivity contribution in [1.82, 2.24) is 5.32 Å². The summed E-state index contributed by atoms with van der Waals surface area (Å²) in [4.78, 5) is 0. The van der Waals surface area contributed by atoms with Crippen LogP contribution in [-0.4, -0.2) is 18.6 Å². The number of rotatable bonds is 6. The SMILES string of the molecule is CSCC(C)CNCc1ccc(Cl)cc1Br. The van der Waals surface area contributed by atoms with Crippen LogP contribution in [0.1, 0.15) is 12.5 Å². The van der Waals surface area contributed by atoms with Crippen molar-refractivity contribution in [2.45, 2.75) is 13.5 Å². The molecule has 90 valence electrons. The number of benzene rings is 1. The molecule has 0 aliphatic carbocycles. The van der Waals surface area contributed by atoms with Crippen LogP contribution in [0.2, 0.25) is 5.02 Å². The molecule has 0 spiro atoms. The lowest BCUT2D eigenvalue weighted by Crippen LogP contribution is -2.22. The third kappa shape index (κ3) is 5.09. The van der Waals surface area contributed by atoms with Gasteiger partial charge in [0.05, 0.1) is 0 Å². The Kier molecular flexibility index (Phi) is 6.81. The molecule has 1 unspecified atom stereocenters. The third-order valence-corrected chi connectivity index (χ3v) is 4.15. The van der Waals surface area contributed by atoms with Crippen molar-refractivity contribution in [3.8, 4) is 0 Å². The van der Waals surface area contributed by atoms with Gasteiger partial charge in [0.1, 0.15) is 0 Å². The lowest BCUT2D eigenvalue weighted by atomic mass is 10.2. The average molecular weight is 323 g/mol. The van der Waals surface area contributed by atoms with Gasteiger partial charge in [-0.2, -0.15) is 11.8 Å². The van der Waals surface area contributed by atoms with E-state index in [-0.39, 0.29) is 0 Å². The third-order valence-electron chi connectivity index (χ3n) is 2.27. The summed E-state index contributed by atoms with van der Waals surface area (Å²) in [6.07, 6.45) is 2.15. The summed E-state index contributed by atoms with van der Waals surface area (Å²) in [5.74, 6) is 1.91. The van der Waals surface area contributed by atoms with E-state index >= 15 is 0 Å². The molecule has 16 heavy (non-hydrogen) atoms. The van der Waals surface area contributed by atoms with Gasteiger partial charge in [0, 0.05) is 16.0 Å². The smallest absolute Gasteiger partial charge is 0.0417 e. The number of hydrogen-bond donors (Lipinski definition) is 1. The molecule has 0 heterocycles. The molecule has 1 atom stereocenters. The second kappa shape index (κ2) is 7.59. The lowest BCUT2D eigenvalue weighted by Gasteiger charge is -2.12. The summed E-state index contributed by atoms with van der Waals surface area (Å²) >= 11 is 11.3. The summed E-state index contributed by atoms with van der Waals surface area (Å²) in [6, 6.07) is 5.91. The summed E-state index contributed by atoms with van der Waals surface area (Å²) in [7, 11) is 0. The maximum absolute atomic E-state index is 5.89.